The molecule has 3 rings (SSSR count). The predicted octanol–water partition coefficient (Wildman–Crippen LogP) is 2.38. The van der Waals surface area contributed by atoms with Crippen LogP contribution in [-0.2, 0) is 15.9 Å². The third-order valence-corrected chi connectivity index (χ3v) is 5.42. The molecule has 4 atom stereocenters. The molecule has 1 aliphatic carbocycles. The van der Waals surface area contributed by atoms with Crippen molar-refractivity contribution in [3.8, 4) is 0 Å². The maximum Gasteiger partial charge on any atom is 0.189 e. The Balaban J connectivity index is 1.87. The molecule has 7 heteroatoms. The third kappa shape index (κ3) is 3.27. The molecule has 1 aliphatic heterocycles. The summed E-state index contributed by atoms with van der Waals surface area (Å²) < 4.78 is 12.1. The highest BCUT2D eigenvalue weighted by atomic mass is 32.2. The van der Waals surface area contributed by atoms with Crippen LogP contribution in [0.15, 0.2) is 5.16 Å². The molecule has 4 unspecified atom stereocenters. The minimum atomic E-state index is -0.608. The number of hydrogen-bond donors (Lipinski definition) is 2. The number of fused-ring (bicyclic) bond motifs is 1. The van der Waals surface area contributed by atoms with Gasteiger partial charge in [0.15, 0.2) is 10.9 Å². The number of hydrogen-bond acceptors (Lipinski definition) is 7. The van der Waals surface area contributed by atoms with Crippen LogP contribution in [0.5, 0.6) is 0 Å². The minimum Gasteiger partial charge on any atom is -0.396 e. The SMILES string of the molecule is CCc1c(C)nc(SC)nc1NC1CC(CO)C2OC(C)(C)OC12. The lowest BCUT2D eigenvalue weighted by atomic mass is 10.1. The minimum absolute atomic E-state index is 0.0724. The summed E-state index contributed by atoms with van der Waals surface area (Å²) in [5.41, 5.74) is 2.14. The maximum atomic E-state index is 9.70. The second-order valence-corrected chi connectivity index (χ2v) is 7.74. The van der Waals surface area contributed by atoms with Crippen LogP contribution < -0.4 is 5.32 Å². The molecule has 1 aromatic rings. The van der Waals surface area contributed by atoms with Gasteiger partial charge in [0.05, 0.1) is 12.1 Å². The van der Waals surface area contributed by atoms with Crippen LogP contribution in [0, 0.1) is 12.8 Å². The van der Waals surface area contributed by atoms with E-state index in [9.17, 15) is 5.11 Å². The van der Waals surface area contributed by atoms with E-state index in [1.807, 2.05) is 27.0 Å². The largest absolute Gasteiger partial charge is 0.396 e. The zero-order chi connectivity index (χ0) is 17.5. The Labute approximate surface area is 147 Å². The number of aliphatic hydroxyl groups is 1. The standard InChI is InChI=1S/C17H27N3O3S/c1-6-11-9(2)18-16(24-5)20-15(11)19-12-7-10(8-21)13-14(12)23-17(3,4)22-13/h10,12-14,21H,6-8H2,1-5H3,(H,18,19,20). The van der Waals surface area contributed by atoms with Crippen molar-refractivity contribution in [1.29, 1.82) is 0 Å². The van der Waals surface area contributed by atoms with Crippen LogP contribution in [0.25, 0.3) is 0 Å². The molecule has 0 amide bonds. The Morgan fingerprint density at radius 1 is 1.29 bits per heavy atom. The van der Waals surface area contributed by atoms with Gasteiger partial charge in [0.1, 0.15) is 11.9 Å². The third-order valence-electron chi connectivity index (χ3n) is 4.87. The molecule has 0 bridgehead atoms. The van der Waals surface area contributed by atoms with Gasteiger partial charge in [-0.1, -0.05) is 18.7 Å². The fraction of sp³-hybridized carbons (Fsp3) is 0.765. The van der Waals surface area contributed by atoms with Crippen molar-refractivity contribution in [3.05, 3.63) is 11.3 Å². The summed E-state index contributed by atoms with van der Waals surface area (Å²) in [6, 6.07) is 0.0724. The quantitative estimate of drug-likeness (QED) is 0.622. The van der Waals surface area contributed by atoms with Crippen molar-refractivity contribution in [3.63, 3.8) is 0 Å². The highest BCUT2D eigenvalue weighted by Gasteiger charge is 2.53. The molecule has 1 aromatic heterocycles. The Bertz CT molecular complexity index is 611. The number of aliphatic hydroxyl groups excluding tert-OH is 1. The lowest BCUT2D eigenvalue weighted by molar-refractivity contribution is -0.158. The van der Waals surface area contributed by atoms with E-state index in [1.54, 1.807) is 11.8 Å². The summed E-state index contributed by atoms with van der Waals surface area (Å²) in [5.74, 6) is 0.357. The molecule has 1 saturated carbocycles. The van der Waals surface area contributed by atoms with Gasteiger partial charge >= 0.3 is 0 Å². The zero-order valence-corrected chi connectivity index (χ0v) is 15.8. The van der Waals surface area contributed by atoms with E-state index in [0.717, 1.165) is 35.1 Å². The summed E-state index contributed by atoms with van der Waals surface area (Å²) in [4.78, 5) is 9.20. The van der Waals surface area contributed by atoms with Crippen molar-refractivity contribution in [2.24, 2.45) is 5.92 Å². The summed E-state index contributed by atoms with van der Waals surface area (Å²) in [5, 5.41) is 14.0. The van der Waals surface area contributed by atoms with Gasteiger partial charge < -0.3 is 19.9 Å². The number of nitrogens with one attached hydrogen (secondary N) is 1. The molecule has 134 valence electrons. The number of anilines is 1. The first kappa shape index (κ1) is 17.9. The molecule has 0 aromatic carbocycles. The van der Waals surface area contributed by atoms with E-state index in [4.69, 9.17) is 9.47 Å². The number of nitrogens with zero attached hydrogens (tertiary/aromatic N) is 2. The van der Waals surface area contributed by atoms with Gasteiger partial charge in [0.25, 0.3) is 0 Å². The topological polar surface area (TPSA) is 76.5 Å². The number of thioether (sulfide) groups is 1. The lowest BCUT2D eigenvalue weighted by Crippen LogP contribution is -2.35. The van der Waals surface area contributed by atoms with Gasteiger partial charge in [-0.2, -0.15) is 0 Å². The Morgan fingerprint density at radius 2 is 2.00 bits per heavy atom. The second kappa shape index (κ2) is 6.78. The van der Waals surface area contributed by atoms with Crippen LogP contribution in [-0.4, -0.2) is 52.0 Å². The summed E-state index contributed by atoms with van der Waals surface area (Å²) in [6.45, 7) is 8.10. The van der Waals surface area contributed by atoms with Crippen LogP contribution >= 0.6 is 11.8 Å². The predicted molar refractivity (Wildman–Crippen MR) is 94.4 cm³/mol. The number of ether oxygens (including phenoxy) is 2. The van der Waals surface area contributed by atoms with Crippen LogP contribution in [0.3, 0.4) is 0 Å². The second-order valence-electron chi connectivity index (χ2n) is 6.97. The molecule has 2 N–H and O–H groups in total. The van der Waals surface area contributed by atoms with Crippen LogP contribution in [0.4, 0.5) is 5.82 Å². The van der Waals surface area contributed by atoms with E-state index in [0.29, 0.717) is 0 Å². The molecule has 24 heavy (non-hydrogen) atoms. The summed E-state index contributed by atoms with van der Waals surface area (Å²) >= 11 is 1.54. The highest BCUT2D eigenvalue weighted by Crippen LogP contribution is 2.42. The first-order chi connectivity index (χ1) is 11.4. The van der Waals surface area contributed by atoms with Gasteiger partial charge in [-0.25, -0.2) is 9.97 Å². The van der Waals surface area contributed by atoms with E-state index in [1.165, 1.54) is 0 Å². The zero-order valence-electron chi connectivity index (χ0n) is 15.0. The van der Waals surface area contributed by atoms with E-state index in [-0.39, 0.29) is 30.8 Å². The van der Waals surface area contributed by atoms with Gasteiger partial charge in [-0.3, -0.25) is 0 Å². The molecule has 1 saturated heterocycles. The van der Waals surface area contributed by atoms with Gasteiger partial charge in [0.2, 0.25) is 0 Å². The van der Waals surface area contributed by atoms with Crippen molar-refractivity contribution in [1.82, 2.24) is 9.97 Å². The van der Waals surface area contributed by atoms with Crippen LogP contribution in [0.1, 0.15) is 38.4 Å². The summed E-state index contributed by atoms with van der Waals surface area (Å²) in [7, 11) is 0. The van der Waals surface area contributed by atoms with Gasteiger partial charge in [0, 0.05) is 23.8 Å². The van der Waals surface area contributed by atoms with Gasteiger partial charge in [-0.15, -0.1) is 0 Å². The van der Waals surface area contributed by atoms with E-state index in [2.05, 4.69) is 22.2 Å². The van der Waals surface area contributed by atoms with E-state index < -0.39 is 5.79 Å². The highest BCUT2D eigenvalue weighted by molar-refractivity contribution is 7.98. The van der Waals surface area contributed by atoms with Crippen molar-refractivity contribution in [2.45, 2.75) is 69.7 Å². The van der Waals surface area contributed by atoms with Gasteiger partial charge in [-0.05, 0) is 39.9 Å². The first-order valence-corrected chi connectivity index (χ1v) is 9.75. The molecule has 0 radical (unpaired) electrons. The van der Waals surface area contributed by atoms with Crippen molar-refractivity contribution >= 4 is 17.6 Å². The van der Waals surface area contributed by atoms with Crippen LogP contribution in [0.2, 0.25) is 0 Å². The normalized spacial score (nSPS) is 31.2. The van der Waals surface area contributed by atoms with Crippen molar-refractivity contribution < 1.29 is 14.6 Å². The lowest BCUT2D eigenvalue weighted by Gasteiger charge is -2.25. The molecule has 6 nitrogen and oxygen atoms in total. The molecule has 2 heterocycles. The van der Waals surface area contributed by atoms with E-state index >= 15 is 0 Å². The Kier molecular flexibility index (Phi) is 5.06. The Hall–Kier alpha value is -0.890. The molecular formula is C17H27N3O3S. The monoisotopic (exact) mass is 353 g/mol. The number of aromatic nitrogens is 2. The molecular weight excluding hydrogens is 326 g/mol. The molecule has 2 aliphatic rings. The number of rotatable bonds is 5. The molecule has 2 fully saturated rings. The first-order valence-electron chi connectivity index (χ1n) is 8.53. The smallest absolute Gasteiger partial charge is 0.189 e. The maximum absolute atomic E-state index is 9.70. The van der Waals surface area contributed by atoms with Crippen molar-refractivity contribution in [2.75, 3.05) is 18.2 Å². The number of aryl methyl sites for hydroxylation is 1. The fourth-order valence-electron chi connectivity index (χ4n) is 3.79. The Morgan fingerprint density at radius 3 is 2.62 bits per heavy atom. The average Bonchev–Trinajstić information content (AvgIpc) is 3.00. The average molecular weight is 353 g/mol. The fourth-order valence-corrected chi connectivity index (χ4v) is 4.20. The molecule has 0 spiro atoms. The summed E-state index contributed by atoms with van der Waals surface area (Å²) in [6.07, 6.45) is 3.51.